The lowest BCUT2D eigenvalue weighted by Gasteiger charge is -2.09. The number of amides is 1. The second-order valence-electron chi connectivity index (χ2n) is 5.32. The maximum absolute atomic E-state index is 12.3. The molecular weight excluding hydrogens is 371 g/mol. The van der Waals surface area contributed by atoms with Crippen molar-refractivity contribution in [1.82, 2.24) is 0 Å². The number of benzene rings is 3. The summed E-state index contributed by atoms with van der Waals surface area (Å²) in [6.07, 6.45) is 0. The third kappa shape index (κ3) is 4.15. The summed E-state index contributed by atoms with van der Waals surface area (Å²) in [6.45, 7) is 0. The van der Waals surface area contributed by atoms with Gasteiger partial charge in [0, 0.05) is 11.3 Å². The van der Waals surface area contributed by atoms with Crippen molar-refractivity contribution in [2.24, 2.45) is 0 Å². The molecule has 0 aliphatic carbocycles. The van der Waals surface area contributed by atoms with Gasteiger partial charge in [-0.15, -0.1) is 0 Å². The Morgan fingerprint density at radius 2 is 1.69 bits per heavy atom. The first-order valence-corrected chi connectivity index (χ1v) is 8.36. The van der Waals surface area contributed by atoms with Crippen molar-refractivity contribution >= 4 is 34.8 Å². The van der Waals surface area contributed by atoms with Gasteiger partial charge >= 0.3 is 0 Å². The second-order valence-corrected chi connectivity index (χ2v) is 6.13. The molecule has 4 nitrogen and oxygen atoms in total. The molecule has 0 fully saturated rings. The summed E-state index contributed by atoms with van der Waals surface area (Å²) in [7, 11) is 0. The van der Waals surface area contributed by atoms with Gasteiger partial charge in [0.2, 0.25) is 0 Å². The van der Waals surface area contributed by atoms with Gasteiger partial charge in [0.15, 0.2) is 0 Å². The van der Waals surface area contributed by atoms with Crippen molar-refractivity contribution < 1.29 is 9.53 Å². The zero-order valence-corrected chi connectivity index (χ0v) is 14.9. The van der Waals surface area contributed by atoms with Gasteiger partial charge in [-0.3, -0.25) is 4.79 Å². The van der Waals surface area contributed by atoms with Gasteiger partial charge in [-0.05, 0) is 54.6 Å². The Labute approximate surface area is 160 Å². The number of anilines is 1. The van der Waals surface area contributed by atoms with E-state index in [1.165, 1.54) is 6.07 Å². The highest BCUT2D eigenvalue weighted by Gasteiger charge is 2.09. The van der Waals surface area contributed by atoms with Crippen LogP contribution in [-0.2, 0) is 0 Å². The van der Waals surface area contributed by atoms with Crippen LogP contribution >= 0.6 is 23.2 Å². The van der Waals surface area contributed by atoms with Crippen LogP contribution in [-0.4, -0.2) is 5.91 Å². The summed E-state index contributed by atoms with van der Waals surface area (Å²) in [6, 6.07) is 20.6. The van der Waals surface area contributed by atoms with Gasteiger partial charge in [0.25, 0.3) is 5.91 Å². The number of rotatable bonds is 4. The molecule has 0 aliphatic rings. The number of ether oxygens (including phenoxy) is 1. The molecular formula is C20H12Cl2N2O2. The molecule has 0 aliphatic heterocycles. The van der Waals surface area contributed by atoms with Crippen LogP contribution in [0.2, 0.25) is 10.0 Å². The largest absolute Gasteiger partial charge is 0.456 e. The average Bonchev–Trinajstić information content (AvgIpc) is 2.66. The highest BCUT2D eigenvalue weighted by molar-refractivity contribution is 6.42. The fraction of sp³-hybridized carbons (Fsp3) is 0. The van der Waals surface area contributed by atoms with E-state index >= 15 is 0 Å². The number of halogens is 2. The van der Waals surface area contributed by atoms with E-state index in [0.717, 1.165) is 0 Å². The zero-order valence-electron chi connectivity index (χ0n) is 13.4. The zero-order chi connectivity index (χ0) is 18.5. The Bertz CT molecular complexity index is 995. The minimum absolute atomic E-state index is 0.299. The van der Waals surface area contributed by atoms with Gasteiger partial charge < -0.3 is 10.1 Å². The van der Waals surface area contributed by atoms with Crippen LogP contribution in [0, 0.1) is 11.3 Å². The average molecular weight is 383 g/mol. The molecule has 0 atom stereocenters. The predicted molar refractivity (Wildman–Crippen MR) is 102 cm³/mol. The highest BCUT2D eigenvalue weighted by Crippen LogP contribution is 2.26. The summed E-state index contributed by atoms with van der Waals surface area (Å²) in [5, 5.41) is 12.6. The van der Waals surface area contributed by atoms with Crippen LogP contribution in [0.4, 0.5) is 5.69 Å². The number of nitrogens with zero attached hydrogens (tertiary/aromatic N) is 1. The maximum atomic E-state index is 12.3. The van der Waals surface area contributed by atoms with Crippen LogP contribution in [0.3, 0.4) is 0 Å². The summed E-state index contributed by atoms with van der Waals surface area (Å²) >= 11 is 11.8. The highest BCUT2D eigenvalue weighted by atomic mass is 35.5. The smallest absolute Gasteiger partial charge is 0.255 e. The molecule has 0 saturated carbocycles. The molecule has 0 unspecified atom stereocenters. The summed E-state index contributed by atoms with van der Waals surface area (Å²) in [5.74, 6) is 0.731. The molecule has 0 saturated heterocycles. The fourth-order valence-electron chi connectivity index (χ4n) is 2.22. The Morgan fingerprint density at radius 3 is 2.38 bits per heavy atom. The summed E-state index contributed by atoms with van der Waals surface area (Å²) < 4.78 is 5.71. The van der Waals surface area contributed by atoms with E-state index in [1.54, 1.807) is 60.7 Å². The molecule has 128 valence electrons. The summed E-state index contributed by atoms with van der Waals surface area (Å²) in [4.78, 5) is 12.3. The molecule has 0 bridgehead atoms. The van der Waals surface area contributed by atoms with E-state index in [0.29, 0.717) is 38.4 Å². The van der Waals surface area contributed by atoms with Gasteiger partial charge in [-0.1, -0.05) is 35.3 Å². The third-order valence-electron chi connectivity index (χ3n) is 3.53. The Kier molecular flexibility index (Phi) is 5.43. The van der Waals surface area contributed by atoms with Gasteiger partial charge in [0.1, 0.15) is 17.6 Å². The number of carbonyl (C=O) groups excluding carboxylic acids is 1. The van der Waals surface area contributed by atoms with Gasteiger partial charge in [0.05, 0.1) is 15.6 Å². The Hall–Kier alpha value is -3.00. The number of carbonyl (C=O) groups is 1. The molecule has 0 heterocycles. The fourth-order valence-corrected chi connectivity index (χ4v) is 2.52. The van der Waals surface area contributed by atoms with E-state index in [-0.39, 0.29) is 5.91 Å². The van der Waals surface area contributed by atoms with Crippen molar-refractivity contribution in [2.45, 2.75) is 0 Å². The number of para-hydroxylation sites is 1. The van der Waals surface area contributed by atoms with E-state index < -0.39 is 0 Å². The van der Waals surface area contributed by atoms with Gasteiger partial charge in [-0.25, -0.2) is 0 Å². The number of nitriles is 1. The molecule has 3 aromatic carbocycles. The number of nitrogens with one attached hydrogen (secondary N) is 1. The van der Waals surface area contributed by atoms with Crippen LogP contribution < -0.4 is 10.1 Å². The van der Waals surface area contributed by atoms with E-state index in [2.05, 4.69) is 11.4 Å². The first kappa shape index (κ1) is 17.8. The van der Waals surface area contributed by atoms with Crippen LogP contribution in [0.25, 0.3) is 0 Å². The molecule has 1 amide bonds. The molecule has 3 aromatic rings. The van der Waals surface area contributed by atoms with E-state index in [1.807, 2.05) is 0 Å². The third-order valence-corrected chi connectivity index (χ3v) is 4.27. The van der Waals surface area contributed by atoms with Crippen molar-refractivity contribution in [3.05, 3.63) is 87.9 Å². The van der Waals surface area contributed by atoms with Crippen LogP contribution in [0.5, 0.6) is 11.5 Å². The number of hydrogen-bond acceptors (Lipinski definition) is 3. The molecule has 0 spiro atoms. The van der Waals surface area contributed by atoms with Crippen molar-refractivity contribution in [3.63, 3.8) is 0 Å². The minimum atomic E-state index is -0.299. The number of hydrogen-bond donors (Lipinski definition) is 1. The topological polar surface area (TPSA) is 62.1 Å². The van der Waals surface area contributed by atoms with Crippen molar-refractivity contribution in [3.8, 4) is 17.6 Å². The lowest BCUT2D eigenvalue weighted by molar-refractivity contribution is 0.102. The lowest BCUT2D eigenvalue weighted by Crippen LogP contribution is -2.11. The Morgan fingerprint density at radius 1 is 0.962 bits per heavy atom. The molecule has 1 N–H and O–H groups in total. The molecule has 3 rings (SSSR count). The molecule has 6 heteroatoms. The predicted octanol–water partition coefficient (Wildman–Crippen LogP) is 5.91. The van der Waals surface area contributed by atoms with Crippen molar-refractivity contribution in [2.75, 3.05) is 5.32 Å². The molecule has 0 aromatic heterocycles. The normalized spacial score (nSPS) is 10.0. The van der Waals surface area contributed by atoms with E-state index in [9.17, 15) is 4.79 Å². The van der Waals surface area contributed by atoms with Gasteiger partial charge in [-0.2, -0.15) is 5.26 Å². The monoisotopic (exact) mass is 382 g/mol. The first-order chi connectivity index (χ1) is 12.6. The molecule has 26 heavy (non-hydrogen) atoms. The maximum Gasteiger partial charge on any atom is 0.255 e. The standard InChI is InChI=1S/C20H12Cl2N2O2/c21-17-10-5-13(11-18(17)22)20(25)24-15-6-8-16(9-7-15)26-19-4-2-1-3-14(19)12-23/h1-11H,(H,24,25). The Balaban J connectivity index is 1.70. The van der Waals surface area contributed by atoms with Crippen LogP contribution in [0.15, 0.2) is 66.7 Å². The second kappa shape index (κ2) is 7.92. The van der Waals surface area contributed by atoms with Crippen LogP contribution in [0.1, 0.15) is 15.9 Å². The summed E-state index contributed by atoms with van der Waals surface area (Å²) in [5.41, 5.74) is 1.45. The SMILES string of the molecule is N#Cc1ccccc1Oc1ccc(NC(=O)c2ccc(Cl)c(Cl)c2)cc1. The quantitative estimate of drug-likeness (QED) is 0.609. The van der Waals surface area contributed by atoms with E-state index in [4.69, 9.17) is 33.2 Å². The minimum Gasteiger partial charge on any atom is -0.456 e. The van der Waals surface area contributed by atoms with Crippen molar-refractivity contribution in [1.29, 1.82) is 5.26 Å². The first-order valence-electron chi connectivity index (χ1n) is 7.60. The lowest BCUT2D eigenvalue weighted by atomic mass is 10.2. The molecule has 0 radical (unpaired) electrons.